The van der Waals surface area contributed by atoms with Gasteiger partial charge < -0.3 is 10.6 Å². The molecule has 1 aromatic rings. The Morgan fingerprint density at radius 3 is 2.64 bits per heavy atom. The van der Waals surface area contributed by atoms with Crippen molar-refractivity contribution in [2.75, 3.05) is 17.7 Å². The van der Waals surface area contributed by atoms with E-state index in [1.165, 1.54) is 12.8 Å². The standard InChI is InChI=1S/C10H18N4/c1-4-8-9(11)10(14(3)12-8)13(2)7-5-6-7/h7H,4-6,11H2,1-3H3. The van der Waals surface area contributed by atoms with Crippen molar-refractivity contribution < 1.29 is 0 Å². The lowest BCUT2D eigenvalue weighted by Crippen LogP contribution is -2.23. The number of hydrogen-bond acceptors (Lipinski definition) is 3. The fourth-order valence-corrected chi connectivity index (χ4v) is 1.90. The Morgan fingerprint density at radius 1 is 1.57 bits per heavy atom. The van der Waals surface area contributed by atoms with Crippen LogP contribution < -0.4 is 10.6 Å². The van der Waals surface area contributed by atoms with Gasteiger partial charge in [-0.05, 0) is 19.3 Å². The van der Waals surface area contributed by atoms with Crippen molar-refractivity contribution in [1.82, 2.24) is 9.78 Å². The third-order valence-electron chi connectivity index (χ3n) is 2.89. The van der Waals surface area contributed by atoms with Crippen molar-refractivity contribution in [2.24, 2.45) is 7.05 Å². The van der Waals surface area contributed by atoms with Gasteiger partial charge in [0.25, 0.3) is 0 Å². The molecule has 1 aliphatic rings. The lowest BCUT2D eigenvalue weighted by atomic mass is 10.3. The summed E-state index contributed by atoms with van der Waals surface area (Å²) in [5.41, 5.74) is 7.92. The van der Waals surface area contributed by atoms with Gasteiger partial charge in [0.05, 0.1) is 11.4 Å². The number of aromatic nitrogens is 2. The van der Waals surface area contributed by atoms with Crippen molar-refractivity contribution in [3.63, 3.8) is 0 Å². The van der Waals surface area contributed by atoms with E-state index in [9.17, 15) is 0 Å². The fourth-order valence-electron chi connectivity index (χ4n) is 1.90. The van der Waals surface area contributed by atoms with Gasteiger partial charge in [-0.15, -0.1) is 0 Å². The lowest BCUT2D eigenvalue weighted by Gasteiger charge is -2.18. The summed E-state index contributed by atoms with van der Waals surface area (Å²) in [5, 5.41) is 4.41. The molecule has 0 atom stereocenters. The number of anilines is 2. The zero-order chi connectivity index (χ0) is 10.3. The summed E-state index contributed by atoms with van der Waals surface area (Å²) in [6.07, 6.45) is 3.46. The van der Waals surface area contributed by atoms with Crippen LogP contribution >= 0.6 is 0 Å². The van der Waals surface area contributed by atoms with Gasteiger partial charge in [0.1, 0.15) is 5.82 Å². The van der Waals surface area contributed by atoms with E-state index in [1.807, 2.05) is 11.7 Å². The number of hydrogen-bond donors (Lipinski definition) is 1. The third-order valence-corrected chi connectivity index (χ3v) is 2.89. The molecule has 0 aliphatic heterocycles. The summed E-state index contributed by atoms with van der Waals surface area (Å²) in [4.78, 5) is 2.25. The van der Waals surface area contributed by atoms with Crippen molar-refractivity contribution in [3.05, 3.63) is 5.69 Å². The smallest absolute Gasteiger partial charge is 0.150 e. The van der Waals surface area contributed by atoms with Crippen LogP contribution in [-0.4, -0.2) is 22.9 Å². The number of nitrogen functional groups attached to an aromatic ring is 1. The first kappa shape index (κ1) is 9.37. The molecule has 1 heterocycles. The molecule has 0 saturated heterocycles. The predicted octanol–water partition coefficient (Wildman–Crippen LogP) is 1.16. The van der Waals surface area contributed by atoms with Crippen molar-refractivity contribution >= 4 is 11.5 Å². The van der Waals surface area contributed by atoms with Crippen LogP contribution in [0.4, 0.5) is 11.5 Å². The van der Waals surface area contributed by atoms with Crippen LogP contribution in [0.1, 0.15) is 25.5 Å². The molecule has 4 nitrogen and oxygen atoms in total. The molecule has 1 fully saturated rings. The van der Waals surface area contributed by atoms with E-state index in [2.05, 4.69) is 24.0 Å². The van der Waals surface area contributed by atoms with Gasteiger partial charge in [-0.25, -0.2) is 0 Å². The van der Waals surface area contributed by atoms with E-state index in [0.717, 1.165) is 23.6 Å². The molecule has 4 heteroatoms. The molecular weight excluding hydrogens is 176 g/mol. The van der Waals surface area contributed by atoms with Crippen molar-refractivity contribution in [3.8, 4) is 0 Å². The van der Waals surface area contributed by atoms with Gasteiger partial charge in [-0.2, -0.15) is 5.10 Å². The monoisotopic (exact) mass is 194 g/mol. The Kier molecular flexibility index (Phi) is 2.13. The van der Waals surface area contributed by atoms with E-state index in [4.69, 9.17) is 5.73 Å². The molecule has 1 aromatic heterocycles. The van der Waals surface area contributed by atoms with Gasteiger partial charge in [0, 0.05) is 20.1 Å². The minimum Gasteiger partial charge on any atom is -0.394 e. The Hall–Kier alpha value is -1.19. The minimum absolute atomic E-state index is 0.678. The van der Waals surface area contributed by atoms with Crippen LogP contribution in [-0.2, 0) is 13.5 Å². The minimum atomic E-state index is 0.678. The van der Waals surface area contributed by atoms with Gasteiger partial charge in [-0.1, -0.05) is 6.92 Å². The highest BCUT2D eigenvalue weighted by molar-refractivity contribution is 5.67. The molecule has 78 valence electrons. The molecule has 0 radical (unpaired) electrons. The van der Waals surface area contributed by atoms with Gasteiger partial charge in [0.15, 0.2) is 0 Å². The van der Waals surface area contributed by atoms with E-state index in [1.54, 1.807) is 0 Å². The van der Waals surface area contributed by atoms with Crippen molar-refractivity contribution in [1.29, 1.82) is 0 Å². The summed E-state index contributed by atoms with van der Waals surface area (Å²) < 4.78 is 1.90. The molecule has 0 amide bonds. The van der Waals surface area contributed by atoms with E-state index < -0.39 is 0 Å². The van der Waals surface area contributed by atoms with E-state index >= 15 is 0 Å². The Bertz CT molecular complexity index is 338. The number of rotatable bonds is 3. The van der Waals surface area contributed by atoms with Crippen LogP contribution in [0.3, 0.4) is 0 Å². The zero-order valence-corrected chi connectivity index (χ0v) is 9.12. The summed E-state index contributed by atoms with van der Waals surface area (Å²) in [5.74, 6) is 1.07. The van der Waals surface area contributed by atoms with Crippen LogP contribution in [0.5, 0.6) is 0 Å². The molecule has 0 unspecified atom stereocenters. The van der Waals surface area contributed by atoms with Gasteiger partial charge in [-0.3, -0.25) is 4.68 Å². The highest BCUT2D eigenvalue weighted by atomic mass is 15.4. The molecule has 1 saturated carbocycles. The normalized spacial score (nSPS) is 15.9. The SMILES string of the molecule is CCc1nn(C)c(N(C)C2CC2)c1N. The van der Waals surface area contributed by atoms with E-state index in [-0.39, 0.29) is 0 Å². The summed E-state index contributed by atoms with van der Waals surface area (Å²) in [7, 11) is 4.06. The second-order valence-corrected chi connectivity index (χ2v) is 4.00. The van der Waals surface area contributed by atoms with Gasteiger partial charge >= 0.3 is 0 Å². The number of aryl methyl sites for hydroxylation is 2. The molecule has 0 bridgehead atoms. The zero-order valence-electron chi connectivity index (χ0n) is 9.12. The van der Waals surface area contributed by atoms with Gasteiger partial charge in [0.2, 0.25) is 0 Å². The number of nitrogens with zero attached hydrogens (tertiary/aromatic N) is 3. The maximum Gasteiger partial charge on any atom is 0.150 e. The second kappa shape index (κ2) is 3.19. The average Bonchev–Trinajstić information content (AvgIpc) is 2.93. The van der Waals surface area contributed by atoms with Crippen molar-refractivity contribution in [2.45, 2.75) is 32.2 Å². The highest BCUT2D eigenvalue weighted by Crippen LogP contribution is 2.34. The summed E-state index contributed by atoms with van der Waals surface area (Å²) in [6.45, 7) is 2.08. The van der Waals surface area contributed by atoms with Crippen LogP contribution in [0.15, 0.2) is 0 Å². The third kappa shape index (κ3) is 1.35. The Morgan fingerprint density at radius 2 is 2.21 bits per heavy atom. The molecule has 1 aliphatic carbocycles. The summed E-state index contributed by atoms with van der Waals surface area (Å²) in [6, 6.07) is 0.678. The molecule has 2 N–H and O–H groups in total. The predicted molar refractivity (Wildman–Crippen MR) is 58.4 cm³/mol. The Labute approximate surface area is 84.7 Å². The number of nitrogens with two attached hydrogens (primary N) is 1. The first-order chi connectivity index (χ1) is 6.65. The largest absolute Gasteiger partial charge is 0.394 e. The summed E-state index contributed by atoms with van der Waals surface area (Å²) >= 11 is 0. The Balaban J connectivity index is 2.35. The molecular formula is C10H18N4. The fraction of sp³-hybridized carbons (Fsp3) is 0.700. The molecule has 14 heavy (non-hydrogen) atoms. The second-order valence-electron chi connectivity index (χ2n) is 4.00. The molecule has 0 aromatic carbocycles. The lowest BCUT2D eigenvalue weighted by molar-refractivity contribution is 0.719. The van der Waals surface area contributed by atoms with E-state index in [0.29, 0.717) is 6.04 Å². The first-order valence-electron chi connectivity index (χ1n) is 5.19. The van der Waals surface area contributed by atoms with Crippen LogP contribution in [0, 0.1) is 0 Å². The average molecular weight is 194 g/mol. The quantitative estimate of drug-likeness (QED) is 0.785. The topological polar surface area (TPSA) is 47.1 Å². The molecule has 2 rings (SSSR count). The van der Waals surface area contributed by atoms with Crippen LogP contribution in [0.25, 0.3) is 0 Å². The first-order valence-corrected chi connectivity index (χ1v) is 5.19. The highest BCUT2D eigenvalue weighted by Gasteiger charge is 2.29. The molecule has 0 spiro atoms. The maximum atomic E-state index is 6.06. The van der Waals surface area contributed by atoms with Crippen LogP contribution in [0.2, 0.25) is 0 Å². The maximum absolute atomic E-state index is 6.06.